The van der Waals surface area contributed by atoms with Gasteiger partial charge in [0, 0.05) is 12.1 Å². The molecule has 1 nitrogen and oxygen atoms in total. The van der Waals surface area contributed by atoms with Crippen LogP contribution in [0.1, 0.15) is 53.9 Å². The number of rotatable bonds is 3. The molecule has 0 bridgehead atoms. The molecule has 1 saturated heterocycles. The maximum atomic E-state index is 3.87. The Morgan fingerprint density at radius 2 is 2.00 bits per heavy atom. The van der Waals surface area contributed by atoms with Crippen LogP contribution in [0.25, 0.3) is 0 Å². The molecule has 5 atom stereocenters. The van der Waals surface area contributed by atoms with E-state index >= 15 is 0 Å². The van der Waals surface area contributed by atoms with E-state index in [0.29, 0.717) is 23.4 Å². The first kappa shape index (κ1) is 14.8. The SMILES string of the molecule is CCC/C=C\C1N[C@@H]2C=CC(C)CC2C(C)(C)C1C. The maximum absolute atomic E-state index is 3.87. The molecule has 1 aliphatic heterocycles. The van der Waals surface area contributed by atoms with Gasteiger partial charge in [0.15, 0.2) is 0 Å². The number of piperidine rings is 1. The van der Waals surface area contributed by atoms with Crippen LogP contribution < -0.4 is 5.32 Å². The number of allylic oxidation sites excluding steroid dienone is 2. The fourth-order valence-corrected chi connectivity index (χ4v) is 3.81. The minimum atomic E-state index is 0.413. The van der Waals surface area contributed by atoms with Crippen molar-refractivity contribution in [1.82, 2.24) is 5.32 Å². The Balaban J connectivity index is 2.17. The van der Waals surface area contributed by atoms with Gasteiger partial charge < -0.3 is 5.32 Å². The molecule has 0 radical (unpaired) electrons. The lowest BCUT2D eigenvalue weighted by atomic mass is 9.58. The lowest BCUT2D eigenvalue weighted by Gasteiger charge is -2.53. The Morgan fingerprint density at radius 3 is 2.68 bits per heavy atom. The predicted molar refractivity (Wildman–Crippen MR) is 84.1 cm³/mol. The molecule has 1 heterocycles. The van der Waals surface area contributed by atoms with Crippen LogP contribution in [-0.4, -0.2) is 12.1 Å². The van der Waals surface area contributed by atoms with E-state index in [0.717, 1.165) is 11.8 Å². The molecular formula is C18H31N. The third-order valence-electron chi connectivity index (χ3n) is 5.56. The quantitative estimate of drug-likeness (QED) is 0.735. The van der Waals surface area contributed by atoms with Crippen molar-refractivity contribution in [2.45, 2.75) is 66.0 Å². The normalized spacial score (nSPS) is 41.4. The molecule has 0 aromatic rings. The van der Waals surface area contributed by atoms with Gasteiger partial charge in [-0.05, 0) is 36.0 Å². The molecule has 1 N–H and O–H groups in total. The highest BCUT2D eigenvalue weighted by atomic mass is 15.0. The maximum Gasteiger partial charge on any atom is 0.0289 e. The first-order valence-electron chi connectivity index (χ1n) is 8.07. The predicted octanol–water partition coefficient (Wildman–Crippen LogP) is 4.56. The first-order valence-corrected chi connectivity index (χ1v) is 8.07. The molecular weight excluding hydrogens is 230 g/mol. The van der Waals surface area contributed by atoms with Crippen LogP contribution in [0.3, 0.4) is 0 Å². The van der Waals surface area contributed by atoms with Crippen LogP contribution in [0.5, 0.6) is 0 Å². The van der Waals surface area contributed by atoms with Gasteiger partial charge in [-0.3, -0.25) is 0 Å². The zero-order valence-corrected chi connectivity index (χ0v) is 13.3. The topological polar surface area (TPSA) is 12.0 Å². The van der Waals surface area contributed by atoms with Gasteiger partial charge in [-0.2, -0.15) is 0 Å². The molecule has 1 fully saturated rings. The lowest BCUT2D eigenvalue weighted by Crippen LogP contribution is -2.59. The lowest BCUT2D eigenvalue weighted by molar-refractivity contribution is 0.0257. The van der Waals surface area contributed by atoms with Crippen molar-refractivity contribution in [3.63, 3.8) is 0 Å². The summed E-state index contributed by atoms with van der Waals surface area (Å²) in [6, 6.07) is 1.10. The Hall–Kier alpha value is -0.560. The third kappa shape index (κ3) is 2.97. The van der Waals surface area contributed by atoms with Crippen LogP contribution in [0.2, 0.25) is 0 Å². The van der Waals surface area contributed by atoms with Crippen molar-refractivity contribution in [2.75, 3.05) is 0 Å². The van der Waals surface area contributed by atoms with Crippen molar-refractivity contribution in [3.05, 3.63) is 24.3 Å². The van der Waals surface area contributed by atoms with Crippen LogP contribution >= 0.6 is 0 Å². The molecule has 2 rings (SSSR count). The average Bonchev–Trinajstić information content (AvgIpc) is 2.37. The highest BCUT2D eigenvalue weighted by Gasteiger charge is 2.47. The molecule has 0 aromatic carbocycles. The van der Waals surface area contributed by atoms with Gasteiger partial charge in [0.05, 0.1) is 0 Å². The summed E-state index contributed by atoms with van der Waals surface area (Å²) in [7, 11) is 0. The van der Waals surface area contributed by atoms with Crippen molar-refractivity contribution in [2.24, 2.45) is 23.2 Å². The standard InChI is InChI=1S/C18H31N/c1-6-7-8-9-16-14(3)18(4,5)15-12-13(2)10-11-17(15)19-16/h8-11,13-17,19H,6-7,12H2,1-5H3/b9-8-/t13?,14?,15?,16?,17-/m1/s1. The van der Waals surface area contributed by atoms with Crippen LogP contribution in [0.4, 0.5) is 0 Å². The Morgan fingerprint density at radius 1 is 1.26 bits per heavy atom. The fraction of sp³-hybridized carbons (Fsp3) is 0.778. The monoisotopic (exact) mass is 261 g/mol. The smallest absolute Gasteiger partial charge is 0.0289 e. The molecule has 1 aliphatic carbocycles. The van der Waals surface area contributed by atoms with E-state index in [9.17, 15) is 0 Å². The van der Waals surface area contributed by atoms with Gasteiger partial charge in [0.25, 0.3) is 0 Å². The van der Waals surface area contributed by atoms with E-state index in [2.05, 4.69) is 64.2 Å². The second-order valence-electron chi connectivity index (χ2n) is 7.25. The molecule has 0 aromatic heterocycles. The van der Waals surface area contributed by atoms with Gasteiger partial charge >= 0.3 is 0 Å². The van der Waals surface area contributed by atoms with Crippen LogP contribution in [-0.2, 0) is 0 Å². The number of hydrogen-bond donors (Lipinski definition) is 1. The first-order chi connectivity index (χ1) is 8.96. The molecule has 0 saturated carbocycles. The summed E-state index contributed by atoms with van der Waals surface area (Å²) in [5.41, 5.74) is 0.413. The van der Waals surface area contributed by atoms with E-state index in [1.807, 2.05) is 0 Å². The largest absolute Gasteiger partial charge is 0.304 e. The third-order valence-corrected chi connectivity index (χ3v) is 5.56. The number of nitrogens with one attached hydrogen (secondary N) is 1. The summed E-state index contributed by atoms with van der Waals surface area (Å²) in [6.07, 6.45) is 13.4. The summed E-state index contributed by atoms with van der Waals surface area (Å²) >= 11 is 0. The molecule has 1 heteroatoms. The van der Waals surface area contributed by atoms with E-state index in [4.69, 9.17) is 0 Å². The van der Waals surface area contributed by atoms with E-state index in [1.54, 1.807) is 0 Å². The van der Waals surface area contributed by atoms with E-state index < -0.39 is 0 Å². The van der Waals surface area contributed by atoms with Crippen molar-refractivity contribution < 1.29 is 0 Å². The van der Waals surface area contributed by atoms with Crippen molar-refractivity contribution in [3.8, 4) is 0 Å². The average molecular weight is 261 g/mol. The van der Waals surface area contributed by atoms with Crippen LogP contribution in [0.15, 0.2) is 24.3 Å². The van der Waals surface area contributed by atoms with E-state index in [1.165, 1.54) is 19.3 Å². The minimum absolute atomic E-state index is 0.413. The van der Waals surface area contributed by atoms with Crippen molar-refractivity contribution >= 4 is 0 Å². The summed E-state index contributed by atoms with van der Waals surface area (Å²) < 4.78 is 0. The second kappa shape index (κ2) is 5.83. The Labute approximate surface area is 119 Å². The Bertz CT molecular complexity index is 353. The second-order valence-corrected chi connectivity index (χ2v) is 7.25. The molecule has 2 aliphatic rings. The molecule has 108 valence electrons. The Kier molecular flexibility index (Phi) is 4.55. The number of unbranched alkanes of at least 4 members (excludes halogenated alkanes) is 1. The summed E-state index contributed by atoms with van der Waals surface area (Å²) in [6.45, 7) is 12.0. The number of fused-ring (bicyclic) bond motifs is 1. The molecule has 4 unspecified atom stereocenters. The van der Waals surface area contributed by atoms with Crippen LogP contribution in [0, 0.1) is 23.2 Å². The van der Waals surface area contributed by atoms with Gasteiger partial charge in [-0.25, -0.2) is 0 Å². The fourth-order valence-electron chi connectivity index (χ4n) is 3.81. The van der Waals surface area contributed by atoms with Crippen molar-refractivity contribution in [1.29, 1.82) is 0 Å². The van der Waals surface area contributed by atoms with Gasteiger partial charge in [0.1, 0.15) is 0 Å². The minimum Gasteiger partial charge on any atom is -0.304 e. The van der Waals surface area contributed by atoms with E-state index in [-0.39, 0.29) is 0 Å². The highest BCUT2D eigenvalue weighted by molar-refractivity contribution is 5.15. The highest BCUT2D eigenvalue weighted by Crippen LogP contribution is 2.47. The zero-order chi connectivity index (χ0) is 14.0. The zero-order valence-electron chi connectivity index (χ0n) is 13.3. The summed E-state index contributed by atoms with van der Waals surface area (Å²) in [5, 5.41) is 3.87. The molecule has 0 spiro atoms. The van der Waals surface area contributed by atoms with Gasteiger partial charge in [-0.1, -0.05) is 65.3 Å². The van der Waals surface area contributed by atoms with Gasteiger partial charge in [-0.15, -0.1) is 0 Å². The van der Waals surface area contributed by atoms with Gasteiger partial charge in [0.2, 0.25) is 0 Å². The number of hydrogen-bond acceptors (Lipinski definition) is 1. The summed E-state index contributed by atoms with van der Waals surface area (Å²) in [4.78, 5) is 0. The molecule has 0 amide bonds. The summed E-state index contributed by atoms with van der Waals surface area (Å²) in [5.74, 6) is 2.21. The molecule has 19 heavy (non-hydrogen) atoms.